The molecule has 0 aromatic heterocycles. The van der Waals surface area contributed by atoms with Gasteiger partial charge in [-0.05, 0) is 37.4 Å². The summed E-state index contributed by atoms with van der Waals surface area (Å²) < 4.78 is 0. The summed E-state index contributed by atoms with van der Waals surface area (Å²) in [5.74, 6) is 0. The third-order valence-corrected chi connectivity index (χ3v) is 2.91. The molecule has 0 radical (unpaired) electrons. The molecular weight excluding hydrogens is 186 g/mol. The van der Waals surface area contributed by atoms with E-state index >= 15 is 0 Å². The first-order valence-corrected chi connectivity index (χ1v) is 5.59. The summed E-state index contributed by atoms with van der Waals surface area (Å²) >= 11 is 0. The van der Waals surface area contributed by atoms with Crippen LogP contribution in [-0.2, 0) is 6.42 Å². The van der Waals surface area contributed by atoms with Crippen LogP contribution in [0.2, 0.25) is 0 Å². The smallest absolute Gasteiger partial charge is 0.0477 e. The molecule has 1 aliphatic heterocycles. The quantitative estimate of drug-likeness (QED) is 0.693. The predicted molar refractivity (Wildman–Crippen MR) is 62.3 cm³/mol. The lowest BCUT2D eigenvalue weighted by molar-refractivity contribution is 0.560. The van der Waals surface area contributed by atoms with Crippen molar-refractivity contribution in [3.63, 3.8) is 0 Å². The molecule has 2 atom stereocenters. The lowest BCUT2D eigenvalue weighted by Crippen LogP contribution is -2.28. The molecule has 1 aromatic rings. The van der Waals surface area contributed by atoms with Crippen molar-refractivity contribution in [2.24, 2.45) is 5.73 Å². The fraction of sp³-hybridized carbons (Fsp3) is 0.500. The lowest BCUT2D eigenvalue weighted by atomic mass is 10.0. The highest BCUT2D eigenvalue weighted by Crippen LogP contribution is 2.22. The molecule has 0 spiro atoms. The van der Waals surface area contributed by atoms with Crippen LogP contribution in [0.4, 0.5) is 0 Å². The molecule has 1 aromatic carbocycles. The number of nitrogens with two attached hydrogens (primary N) is 1. The maximum atomic E-state index is 5.52. The zero-order valence-electron chi connectivity index (χ0n) is 9.16. The maximum absolute atomic E-state index is 5.52. The van der Waals surface area contributed by atoms with E-state index in [4.69, 9.17) is 5.73 Å². The minimum atomic E-state index is 0.451. The van der Waals surface area contributed by atoms with Crippen molar-refractivity contribution < 1.29 is 0 Å². The minimum Gasteiger partial charge on any atom is -0.330 e. The van der Waals surface area contributed by atoms with E-state index in [0.29, 0.717) is 12.1 Å². The summed E-state index contributed by atoms with van der Waals surface area (Å²) in [6.45, 7) is 2.91. The molecule has 3 heteroatoms. The highest BCUT2D eigenvalue weighted by molar-refractivity contribution is 5.25. The van der Waals surface area contributed by atoms with Gasteiger partial charge in [-0.25, -0.2) is 0 Å². The molecule has 1 saturated heterocycles. The third kappa shape index (κ3) is 2.56. The van der Waals surface area contributed by atoms with Gasteiger partial charge in [-0.3, -0.25) is 10.9 Å². The van der Waals surface area contributed by atoms with Crippen LogP contribution in [-0.4, -0.2) is 12.6 Å². The Balaban J connectivity index is 2.03. The molecule has 15 heavy (non-hydrogen) atoms. The Kier molecular flexibility index (Phi) is 3.36. The first-order valence-electron chi connectivity index (χ1n) is 5.59. The van der Waals surface area contributed by atoms with Crippen molar-refractivity contribution in [2.45, 2.75) is 31.8 Å². The highest BCUT2D eigenvalue weighted by Gasteiger charge is 2.20. The summed E-state index contributed by atoms with van der Waals surface area (Å²) in [7, 11) is 0. The number of hydrogen-bond donors (Lipinski definition) is 3. The molecule has 3 nitrogen and oxygen atoms in total. The first kappa shape index (κ1) is 10.6. The van der Waals surface area contributed by atoms with Gasteiger partial charge in [-0.15, -0.1) is 0 Å². The summed E-state index contributed by atoms with van der Waals surface area (Å²) in [5, 5.41) is 0. The van der Waals surface area contributed by atoms with Gasteiger partial charge >= 0.3 is 0 Å². The van der Waals surface area contributed by atoms with Crippen LogP contribution in [0.3, 0.4) is 0 Å². The van der Waals surface area contributed by atoms with Gasteiger partial charge in [-0.1, -0.05) is 24.3 Å². The van der Waals surface area contributed by atoms with Crippen LogP contribution in [0.15, 0.2) is 24.3 Å². The molecule has 0 bridgehead atoms. The Hall–Kier alpha value is -0.900. The number of hydrazine groups is 1. The largest absolute Gasteiger partial charge is 0.330 e. The number of benzene rings is 1. The van der Waals surface area contributed by atoms with Gasteiger partial charge in [0.15, 0.2) is 0 Å². The summed E-state index contributed by atoms with van der Waals surface area (Å²) in [5.41, 5.74) is 14.7. The molecule has 4 N–H and O–H groups in total. The highest BCUT2D eigenvalue weighted by atomic mass is 15.4. The van der Waals surface area contributed by atoms with Crippen LogP contribution in [0.25, 0.3) is 0 Å². The van der Waals surface area contributed by atoms with Crippen molar-refractivity contribution in [1.82, 2.24) is 10.9 Å². The van der Waals surface area contributed by atoms with E-state index in [0.717, 1.165) is 19.4 Å². The van der Waals surface area contributed by atoms with Gasteiger partial charge in [0.2, 0.25) is 0 Å². The normalized spacial score (nSPS) is 25.7. The standard InChI is InChI=1S/C12H19N3/c1-9-8-12(15-14-9)11-4-2-10(3-5-11)6-7-13/h2-5,9,12,14-15H,6-8,13H2,1H3. The summed E-state index contributed by atoms with van der Waals surface area (Å²) in [6, 6.07) is 9.75. The van der Waals surface area contributed by atoms with E-state index < -0.39 is 0 Å². The van der Waals surface area contributed by atoms with Crippen molar-refractivity contribution in [2.75, 3.05) is 6.54 Å². The van der Waals surface area contributed by atoms with Crippen molar-refractivity contribution in [1.29, 1.82) is 0 Å². The molecule has 0 aliphatic carbocycles. The van der Waals surface area contributed by atoms with Crippen molar-refractivity contribution in [3.8, 4) is 0 Å². The van der Waals surface area contributed by atoms with E-state index in [9.17, 15) is 0 Å². The molecule has 0 saturated carbocycles. The van der Waals surface area contributed by atoms with Gasteiger partial charge in [0, 0.05) is 12.1 Å². The predicted octanol–water partition coefficient (Wildman–Crippen LogP) is 1.12. The summed E-state index contributed by atoms with van der Waals surface area (Å²) in [4.78, 5) is 0. The van der Waals surface area contributed by atoms with Crippen molar-refractivity contribution in [3.05, 3.63) is 35.4 Å². The molecule has 2 unspecified atom stereocenters. The van der Waals surface area contributed by atoms with Gasteiger partial charge in [0.25, 0.3) is 0 Å². The van der Waals surface area contributed by atoms with E-state index in [1.807, 2.05) is 0 Å². The lowest BCUT2D eigenvalue weighted by Gasteiger charge is -2.10. The first-order chi connectivity index (χ1) is 7.29. The Morgan fingerprint density at radius 1 is 1.27 bits per heavy atom. The Bertz CT molecular complexity index is 307. The van der Waals surface area contributed by atoms with E-state index in [2.05, 4.69) is 42.0 Å². The fourth-order valence-corrected chi connectivity index (χ4v) is 2.02. The monoisotopic (exact) mass is 205 g/mol. The minimum absolute atomic E-state index is 0.451. The summed E-state index contributed by atoms with van der Waals surface area (Å²) in [6.07, 6.45) is 2.11. The third-order valence-electron chi connectivity index (χ3n) is 2.91. The van der Waals surface area contributed by atoms with Crippen LogP contribution in [0.5, 0.6) is 0 Å². The molecule has 82 valence electrons. The SMILES string of the molecule is CC1CC(c2ccc(CCN)cc2)NN1. The molecule has 1 heterocycles. The van der Waals surface area contributed by atoms with Gasteiger partial charge in [-0.2, -0.15) is 0 Å². The van der Waals surface area contributed by atoms with Crippen LogP contribution < -0.4 is 16.6 Å². The topological polar surface area (TPSA) is 50.1 Å². The molecule has 0 amide bonds. The van der Waals surface area contributed by atoms with Crippen molar-refractivity contribution >= 4 is 0 Å². The molecule has 1 aliphatic rings. The van der Waals surface area contributed by atoms with E-state index in [1.54, 1.807) is 0 Å². The zero-order chi connectivity index (χ0) is 10.7. The average Bonchev–Trinajstić information content (AvgIpc) is 2.67. The number of rotatable bonds is 3. The van der Waals surface area contributed by atoms with Gasteiger partial charge in [0.1, 0.15) is 0 Å². The van der Waals surface area contributed by atoms with Crippen LogP contribution in [0.1, 0.15) is 30.5 Å². The Morgan fingerprint density at radius 3 is 2.53 bits per heavy atom. The second-order valence-corrected chi connectivity index (χ2v) is 4.26. The van der Waals surface area contributed by atoms with E-state index in [1.165, 1.54) is 11.1 Å². The average molecular weight is 205 g/mol. The second kappa shape index (κ2) is 4.75. The zero-order valence-corrected chi connectivity index (χ0v) is 9.16. The van der Waals surface area contributed by atoms with Crippen LogP contribution >= 0.6 is 0 Å². The Labute approximate surface area is 91.0 Å². The second-order valence-electron chi connectivity index (χ2n) is 4.26. The molecule has 1 fully saturated rings. The Morgan fingerprint density at radius 2 is 2.00 bits per heavy atom. The van der Waals surface area contributed by atoms with Crippen LogP contribution in [0, 0.1) is 0 Å². The number of nitrogens with one attached hydrogen (secondary N) is 2. The maximum Gasteiger partial charge on any atom is 0.0477 e. The molecule has 2 rings (SSSR count). The number of hydrogen-bond acceptors (Lipinski definition) is 3. The van der Waals surface area contributed by atoms with Gasteiger partial charge in [0.05, 0.1) is 0 Å². The fourth-order valence-electron chi connectivity index (χ4n) is 2.02. The molecular formula is C12H19N3. The van der Waals surface area contributed by atoms with E-state index in [-0.39, 0.29) is 0 Å². The van der Waals surface area contributed by atoms with Gasteiger partial charge < -0.3 is 5.73 Å².